The molecule has 1 amide bonds. The van der Waals surface area contributed by atoms with Gasteiger partial charge in [-0.1, -0.05) is 13.8 Å². The van der Waals surface area contributed by atoms with Crippen LogP contribution >= 0.6 is 11.3 Å². The minimum atomic E-state index is -3.81. The molecule has 174 valence electrons. The second kappa shape index (κ2) is 9.62. The molecule has 2 aromatic carbocycles. The maximum atomic E-state index is 13.5. The van der Waals surface area contributed by atoms with E-state index in [9.17, 15) is 13.2 Å². The van der Waals surface area contributed by atoms with Gasteiger partial charge in [-0.2, -0.15) is 4.31 Å². The van der Waals surface area contributed by atoms with Crippen LogP contribution in [0.15, 0.2) is 58.9 Å². The summed E-state index contributed by atoms with van der Waals surface area (Å²) in [7, 11) is -2.38. The summed E-state index contributed by atoms with van der Waals surface area (Å²) in [4.78, 5) is 17.2. The fourth-order valence-electron chi connectivity index (χ4n) is 4.23. The molecule has 1 aliphatic rings. The first-order valence-electron chi connectivity index (χ1n) is 10.8. The van der Waals surface area contributed by atoms with Crippen molar-refractivity contribution < 1.29 is 17.9 Å². The first-order valence-corrected chi connectivity index (χ1v) is 13.1. The third-order valence-corrected chi connectivity index (χ3v) is 8.38. The topological polar surface area (TPSA) is 88.6 Å². The lowest BCUT2D eigenvalue weighted by atomic mass is 9.94. The Morgan fingerprint density at radius 2 is 1.82 bits per heavy atom. The summed E-state index contributed by atoms with van der Waals surface area (Å²) in [6.07, 6.45) is 2.74. The number of carbonyl (C=O) groups is 1. The van der Waals surface area contributed by atoms with E-state index in [1.165, 1.54) is 23.5 Å². The highest BCUT2D eigenvalue weighted by molar-refractivity contribution is 7.89. The number of sulfonamides is 1. The van der Waals surface area contributed by atoms with Crippen LogP contribution in [0, 0.1) is 11.8 Å². The van der Waals surface area contributed by atoms with Crippen molar-refractivity contribution in [3.8, 4) is 16.3 Å². The quantitative estimate of drug-likeness (QED) is 0.545. The van der Waals surface area contributed by atoms with Gasteiger partial charge in [-0.25, -0.2) is 13.4 Å². The molecule has 0 aliphatic carbocycles. The summed E-state index contributed by atoms with van der Waals surface area (Å²) in [6, 6.07) is 11.9. The number of thiazole rings is 1. The average Bonchev–Trinajstić information content (AvgIpc) is 3.33. The van der Waals surface area contributed by atoms with Gasteiger partial charge in [-0.3, -0.25) is 4.79 Å². The summed E-state index contributed by atoms with van der Waals surface area (Å²) < 4.78 is 33.7. The smallest absolute Gasteiger partial charge is 0.255 e. The number of anilines is 1. The van der Waals surface area contributed by atoms with Gasteiger partial charge in [0.2, 0.25) is 10.0 Å². The number of carbonyl (C=O) groups excluding carboxylic acids is 1. The molecule has 1 N–H and O–H groups in total. The maximum Gasteiger partial charge on any atom is 0.255 e. The number of amides is 1. The molecule has 0 spiro atoms. The molecule has 7 nitrogen and oxygen atoms in total. The van der Waals surface area contributed by atoms with Gasteiger partial charge in [0, 0.05) is 41.5 Å². The van der Waals surface area contributed by atoms with Crippen molar-refractivity contribution in [2.45, 2.75) is 25.2 Å². The predicted molar refractivity (Wildman–Crippen MR) is 130 cm³/mol. The van der Waals surface area contributed by atoms with Crippen molar-refractivity contribution in [3.05, 3.63) is 59.6 Å². The van der Waals surface area contributed by atoms with Crippen LogP contribution in [0.3, 0.4) is 0 Å². The van der Waals surface area contributed by atoms with Gasteiger partial charge < -0.3 is 10.1 Å². The first kappa shape index (κ1) is 23.4. The van der Waals surface area contributed by atoms with E-state index < -0.39 is 15.9 Å². The third-order valence-electron chi connectivity index (χ3n) is 5.70. The maximum absolute atomic E-state index is 13.5. The lowest BCUT2D eigenvalue weighted by Gasteiger charge is -2.34. The van der Waals surface area contributed by atoms with Crippen LogP contribution in [0.5, 0.6) is 5.75 Å². The minimum absolute atomic E-state index is 0.0121. The number of benzene rings is 2. The summed E-state index contributed by atoms with van der Waals surface area (Å²) in [6.45, 7) is 5.02. The molecule has 0 bridgehead atoms. The van der Waals surface area contributed by atoms with E-state index >= 15 is 0 Å². The Bertz CT molecular complexity index is 1220. The molecule has 2 heterocycles. The average molecular weight is 486 g/mol. The van der Waals surface area contributed by atoms with Crippen molar-refractivity contribution in [2.24, 2.45) is 11.8 Å². The van der Waals surface area contributed by atoms with Crippen molar-refractivity contribution in [2.75, 3.05) is 25.5 Å². The number of aromatic nitrogens is 1. The summed E-state index contributed by atoms with van der Waals surface area (Å²) >= 11 is 1.54. The monoisotopic (exact) mass is 485 g/mol. The Hall–Kier alpha value is -2.75. The lowest BCUT2D eigenvalue weighted by molar-refractivity contribution is 0.102. The molecule has 3 aromatic rings. The van der Waals surface area contributed by atoms with Crippen molar-refractivity contribution in [1.29, 1.82) is 0 Å². The highest BCUT2D eigenvalue weighted by atomic mass is 32.2. The van der Waals surface area contributed by atoms with Crippen LogP contribution in [-0.2, 0) is 10.0 Å². The number of hydrogen-bond acceptors (Lipinski definition) is 6. The van der Waals surface area contributed by atoms with Gasteiger partial charge in [0.1, 0.15) is 15.7 Å². The molecule has 1 aliphatic heterocycles. The number of ether oxygens (including phenoxy) is 1. The molecule has 1 aromatic heterocycles. The van der Waals surface area contributed by atoms with E-state index in [2.05, 4.69) is 24.1 Å². The molecule has 0 radical (unpaired) electrons. The first-order chi connectivity index (χ1) is 15.8. The van der Waals surface area contributed by atoms with E-state index in [1.54, 1.807) is 35.7 Å². The van der Waals surface area contributed by atoms with E-state index in [4.69, 9.17) is 4.74 Å². The largest absolute Gasteiger partial charge is 0.495 e. The van der Waals surface area contributed by atoms with Crippen LogP contribution in [0.4, 0.5) is 5.69 Å². The van der Waals surface area contributed by atoms with Gasteiger partial charge in [-0.15, -0.1) is 11.3 Å². The zero-order valence-corrected chi connectivity index (χ0v) is 20.4. The van der Waals surface area contributed by atoms with Gasteiger partial charge in [0.15, 0.2) is 0 Å². The second-order valence-electron chi connectivity index (χ2n) is 8.50. The number of nitrogens with one attached hydrogen (secondary N) is 1. The van der Waals surface area contributed by atoms with Gasteiger partial charge >= 0.3 is 0 Å². The summed E-state index contributed by atoms with van der Waals surface area (Å²) in [5.74, 6) is 0.378. The Morgan fingerprint density at radius 3 is 2.42 bits per heavy atom. The number of piperidine rings is 1. The van der Waals surface area contributed by atoms with Crippen LogP contribution in [0.2, 0.25) is 0 Å². The zero-order valence-electron chi connectivity index (χ0n) is 18.8. The van der Waals surface area contributed by atoms with Crippen LogP contribution in [-0.4, -0.2) is 43.8 Å². The molecule has 9 heteroatoms. The van der Waals surface area contributed by atoms with Crippen molar-refractivity contribution >= 4 is 33.0 Å². The number of hydrogen-bond donors (Lipinski definition) is 1. The summed E-state index contributed by atoms with van der Waals surface area (Å²) in [5, 5.41) is 5.65. The van der Waals surface area contributed by atoms with Crippen LogP contribution in [0.25, 0.3) is 10.6 Å². The molecule has 33 heavy (non-hydrogen) atoms. The highest BCUT2D eigenvalue weighted by Gasteiger charge is 2.34. The fourth-order valence-corrected chi connectivity index (χ4v) is 6.73. The molecule has 0 saturated carbocycles. The lowest BCUT2D eigenvalue weighted by Crippen LogP contribution is -2.42. The molecule has 1 fully saturated rings. The molecule has 2 unspecified atom stereocenters. The van der Waals surface area contributed by atoms with Crippen molar-refractivity contribution in [3.63, 3.8) is 0 Å². The van der Waals surface area contributed by atoms with Gasteiger partial charge in [0.25, 0.3) is 5.91 Å². The minimum Gasteiger partial charge on any atom is -0.495 e. The zero-order chi connectivity index (χ0) is 23.6. The van der Waals surface area contributed by atoms with Crippen LogP contribution in [0.1, 0.15) is 30.6 Å². The van der Waals surface area contributed by atoms with Gasteiger partial charge in [0.05, 0.1) is 7.11 Å². The Labute approximate surface area is 198 Å². The molecule has 1 saturated heterocycles. The molecule has 4 rings (SSSR count). The number of nitrogens with zero attached hydrogens (tertiary/aromatic N) is 2. The highest BCUT2D eigenvalue weighted by Crippen LogP contribution is 2.32. The Kier molecular flexibility index (Phi) is 6.83. The van der Waals surface area contributed by atoms with Crippen molar-refractivity contribution in [1.82, 2.24) is 9.29 Å². The number of rotatable bonds is 6. The van der Waals surface area contributed by atoms with E-state index in [0.29, 0.717) is 18.8 Å². The normalized spacial score (nSPS) is 19.2. The van der Waals surface area contributed by atoms with E-state index in [1.807, 2.05) is 17.5 Å². The molecule has 2 atom stereocenters. The molecular formula is C24H27N3O4S2. The SMILES string of the molecule is COc1ccc(C(=O)Nc2ccc(-c3nccs3)cc2)cc1S(=O)(=O)N1CC(C)CC(C)C1. The van der Waals surface area contributed by atoms with Gasteiger partial charge in [-0.05, 0) is 60.7 Å². The Morgan fingerprint density at radius 1 is 1.12 bits per heavy atom. The van der Waals surface area contributed by atoms with E-state index in [-0.39, 0.29) is 28.0 Å². The molecular weight excluding hydrogens is 458 g/mol. The number of methoxy groups -OCH3 is 1. The Balaban J connectivity index is 1.57. The predicted octanol–water partition coefficient (Wildman–Crippen LogP) is 4.74. The fraction of sp³-hybridized carbons (Fsp3) is 0.333. The third kappa shape index (κ3) is 5.10. The van der Waals surface area contributed by atoms with E-state index in [0.717, 1.165) is 17.0 Å². The second-order valence-corrected chi connectivity index (χ2v) is 11.3. The standard InChI is InChI=1S/C24H27N3O4S2/c1-16-12-17(2)15-27(14-16)33(29,30)22-13-19(6-9-21(22)31-3)23(28)26-20-7-4-18(5-8-20)24-25-10-11-32-24/h4-11,13,16-17H,12,14-15H2,1-3H3,(H,26,28). The summed E-state index contributed by atoms with van der Waals surface area (Å²) in [5.41, 5.74) is 1.82. The van der Waals surface area contributed by atoms with Crippen LogP contribution < -0.4 is 10.1 Å².